The minimum absolute atomic E-state index is 0.268. The van der Waals surface area contributed by atoms with E-state index in [9.17, 15) is 4.79 Å². The lowest BCUT2D eigenvalue weighted by Crippen LogP contribution is -2.48. The number of anilines is 1. The molecule has 1 aromatic heterocycles. The van der Waals surface area contributed by atoms with Crippen LogP contribution in [-0.2, 0) is 0 Å². The van der Waals surface area contributed by atoms with Crippen molar-refractivity contribution >= 4 is 23.5 Å². The van der Waals surface area contributed by atoms with Gasteiger partial charge in [-0.05, 0) is 12.1 Å². The smallest absolute Gasteiger partial charge is 0.407 e. The zero-order valence-corrected chi connectivity index (χ0v) is 10.3. The van der Waals surface area contributed by atoms with Crippen LogP contribution >= 0.6 is 11.6 Å². The van der Waals surface area contributed by atoms with Gasteiger partial charge in [-0.15, -0.1) is 0 Å². The van der Waals surface area contributed by atoms with Gasteiger partial charge in [-0.2, -0.15) is 5.26 Å². The third-order valence-corrected chi connectivity index (χ3v) is 2.98. The number of rotatable bonds is 1. The molecule has 0 aromatic carbocycles. The van der Waals surface area contributed by atoms with E-state index in [4.69, 9.17) is 22.0 Å². The highest BCUT2D eigenvalue weighted by Crippen LogP contribution is 2.19. The van der Waals surface area contributed by atoms with E-state index >= 15 is 0 Å². The summed E-state index contributed by atoms with van der Waals surface area (Å²) in [4.78, 5) is 18.2. The Kier molecular flexibility index (Phi) is 3.53. The highest BCUT2D eigenvalue weighted by molar-refractivity contribution is 6.29. The molecule has 94 valence electrons. The first-order valence-corrected chi connectivity index (χ1v) is 5.78. The van der Waals surface area contributed by atoms with Crippen molar-refractivity contribution in [1.82, 2.24) is 9.88 Å². The molecule has 0 saturated carbocycles. The summed E-state index contributed by atoms with van der Waals surface area (Å²) in [6, 6.07) is 5.17. The van der Waals surface area contributed by atoms with E-state index in [2.05, 4.69) is 4.98 Å². The number of nitrogens with zero attached hydrogens (tertiary/aromatic N) is 4. The molecule has 1 amide bonds. The first-order valence-electron chi connectivity index (χ1n) is 5.40. The molecule has 1 aromatic rings. The SMILES string of the molecule is N#Cc1cc(Cl)nc(N2CCN(C(=O)O)CC2)c1. The standard InChI is InChI=1S/C11H11ClN4O2/c12-9-5-8(7-13)6-10(14-9)15-1-3-16(4-2-15)11(17)18/h5-6H,1-4H2,(H,17,18). The van der Waals surface area contributed by atoms with Crippen LogP contribution in [0.25, 0.3) is 0 Å². The second kappa shape index (κ2) is 5.10. The molecular weight excluding hydrogens is 256 g/mol. The molecule has 2 rings (SSSR count). The van der Waals surface area contributed by atoms with E-state index in [0.29, 0.717) is 37.6 Å². The fourth-order valence-electron chi connectivity index (χ4n) is 1.84. The average Bonchev–Trinajstić information content (AvgIpc) is 2.38. The predicted molar refractivity (Wildman–Crippen MR) is 65.8 cm³/mol. The molecule has 0 spiro atoms. The van der Waals surface area contributed by atoms with Crippen molar-refractivity contribution in [2.45, 2.75) is 0 Å². The second-order valence-electron chi connectivity index (χ2n) is 3.91. The summed E-state index contributed by atoms with van der Waals surface area (Å²) >= 11 is 5.83. The number of halogens is 1. The van der Waals surface area contributed by atoms with Crippen molar-refractivity contribution in [2.24, 2.45) is 0 Å². The Morgan fingerprint density at radius 2 is 2.06 bits per heavy atom. The minimum atomic E-state index is -0.911. The van der Waals surface area contributed by atoms with Crippen molar-refractivity contribution in [2.75, 3.05) is 31.1 Å². The van der Waals surface area contributed by atoms with Gasteiger partial charge in [0.15, 0.2) is 0 Å². The Labute approximate surface area is 109 Å². The maximum absolute atomic E-state index is 10.8. The van der Waals surface area contributed by atoms with E-state index < -0.39 is 6.09 Å². The number of carbonyl (C=O) groups is 1. The Morgan fingerprint density at radius 3 is 2.61 bits per heavy atom. The number of aromatic nitrogens is 1. The fourth-order valence-corrected chi connectivity index (χ4v) is 2.04. The highest BCUT2D eigenvalue weighted by Gasteiger charge is 2.21. The summed E-state index contributed by atoms with van der Waals surface area (Å²) in [5.41, 5.74) is 0.450. The van der Waals surface area contributed by atoms with Crippen LogP contribution in [0.4, 0.5) is 10.6 Å². The van der Waals surface area contributed by atoms with Crippen LogP contribution in [0.2, 0.25) is 5.15 Å². The maximum Gasteiger partial charge on any atom is 0.407 e. The van der Waals surface area contributed by atoms with Gasteiger partial charge in [0.1, 0.15) is 11.0 Å². The number of pyridine rings is 1. The Bertz CT molecular complexity index is 506. The molecule has 1 fully saturated rings. The summed E-state index contributed by atoms with van der Waals surface area (Å²) in [6.45, 7) is 1.94. The predicted octanol–water partition coefficient (Wildman–Crippen LogP) is 1.41. The molecule has 0 unspecified atom stereocenters. The maximum atomic E-state index is 10.8. The van der Waals surface area contributed by atoms with Gasteiger partial charge in [-0.3, -0.25) is 0 Å². The van der Waals surface area contributed by atoms with Gasteiger partial charge in [0.05, 0.1) is 11.6 Å². The molecule has 1 N–H and O–H groups in total. The highest BCUT2D eigenvalue weighted by atomic mass is 35.5. The van der Waals surface area contributed by atoms with Crippen molar-refractivity contribution in [3.05, 3.63) is 22.8 Å². The Morgan fingerprint density at radius 1 is 1.39 bits per heavy atom. The lowest BCUT2D eigenvalue weighted by molar-refractivity contribution is 0.142. The number of nitriles is 1. The van der Waals surface area contributed by atoms with E-state index in [0.717, 1.165) is 0 Å². The van der Waals surface area contributed by atoms with Crippen LogP contribution in [0.3, 0.4) is 0 Å². The number of carboxylic acid groups (broad SMARTS) is 1. The monoisotopic (exact) mass is 266 g/mol. The van der Waals surface area contributed by atoms with E-state index in [1.54, 1.807) is 6.07 Å². The fraction of sp³-hybridized carbons (Fsp3) is 0.364. The topological polar surface area (TPSA) is 80.5 Å². The molecule has 18 heavy (non-hydrogen) atoms. The number of piperazine rings is 1. The first-order chi connectivity index (χ1) is 8.60. The van der Waals surface area contributed by atoms with Crippen LogP contribution in [-0.4, -0.2) is 47.3 Å². The zero-order chi connectivity index (χ0) is 13.1. The van der Waals surface area contributed by atoms with E-state index in [1.807, 2.05) is 11.0 Å². The largest absolute Gasteiger partial charge is 0.465 e. The van der Waals surface area contributed by atoms with Crippen molar-refractivity contribution in [3.8, 4) is 6.07 Å². The quantitative estimate of drug-likeness (QED) is 0.777. The number of hydrogen-bond acceptors (Lipinski definition) is 4. The van der Waals surface area contributed by atoms with Crippen LogP contribution in [0.5, 0.6) is 0 Å². The normalized spacial score (nSPS) is 15.3. The molecule has 6 nitrogen and oxygen atoms in total. The Balaban J connectivity index is 2.12. The summed E-state index contributed by atoms with van der Waals surface area (Å²) < 4.78 is 0. The third-order valence-electron chi connectivity index (χ3n) is 2.78. The molecule has 1 aliphatic heterocycles. The minimum Gasteiger partial charge on any atom is -0.465 e. The van der Waals surface area contributed by atoms with Gasteiger partial charge < -0.3 is 14.9 Å². The summed E-state index contributed by atoms with van der Waals surface area (Å²) in [7, 11) is 0. The molecule has 1 aliphatic rings. The van der Waals surface area contributed by atoms with E-state index in [-0.39, 0.29) is 5.15 Å². The average molecular weight is 267 g/mol. The van der Waals surface area contributed by atoms with E-state index in [1.165, 1.54) is 11.0 Å². The summed E-state index contributed by atoms with van der Waals surface area (Å²) in [5.74, 6) is 0.615. The van der Waals surface area contributed by atoms with Gasteiger partial charge in [-0.25, -0.2) is 9.78 Å². The van der Waals surface area contributed by atoms with Gasteiger partial charge in [0, 0.05) is 26.2 Å². The lowest BCUT2D eigenvalue weighted by Gasteiger charge is -2.33. The molecule has 0 bridgehead atoms. The van der Waals surface area contributed by atoms with Crippen molar-refractivity contribution in [1.29, 1.82) is 5.26 Å². The molecule has 0 radical (unpaired) electrons. The van der Waals surface area contributed by atoms with Crippen LogP contribution in [0, 0.1) is 11.3 Å². The molecule has 7 heteroatoms. The van der Waals surface area contributed by atoms with Gasteiger partial charge in [0.25, 0.3) is 0 Å². The number of amides is 1. The van der Waals surface area contributed by atoms with Crippen molar-refractivity contribution in [3.63, 3.8) is 0 Å². The lowest BCUT2D eigenvalue weighted by atomic mass is 10.2. The van der Waals surface area contributed by atoms with Crippen LogP contribution in [0.15, 0.2) is 12.1 Å². The second-order valence-corrected chi connectivity index (χ2v) is 4.29. The first kappa shape index (κ1) is 12.5. The van der Waals surface area contributed by atoms with Gasteiger partial charge >= 0.3 is 6.09 Å². The third kappa shape index (κ3) is 2.63. The van der Waals surface area contributed by atoms with Gasteiger partial charge in [0.2, 0.25) is 0 Å². The van der Waals surface area contributed by atoms with Gasteiger partial charge in [-0.1, -0.05) is 11.6 Å². The molecular formula is C11H11ClN4O2. The molecule has 1 saturated heterocycles. The molecule has 0 atom stereocenters. The molecule has 0 aliphatic carbocycles. The molecule has 2 heterocycles. The van der Waals surface area contributed by atoms with Crippen LogP contribution in [0.1, 0.15) is 5.56 Å². The summed E-state index contributed by atoms with van der Waals surface area (Å²) in [5, 5.41) is 18.0. The Hall–Kier alpha value is -2.00. The number of hydrogen-bond donors (Lipinski definition) is 1. The van der Waals surface area contributed by atoms with Crippen LogP contribution < -0.4 is 4.90 Å². The van der Waals surface area contributed by atoms with Crippen molar-refractivity contribution < 1.29 is 9.90 Å². The summed E-state index contributed by atoms with van der Waals surface area (Å²) in [6.07, 6.45) is -0.911. The zero-order valence-electron chi connectivity index (χ0n) is 9.51.